The summed E-state index contributed by atoms with van der Waals surface area (Å²) in [5, 5.41) is 0.707. The van der Waals surface area contributed by atoms with E-state index in [2.05, 4.69) is 11.8 Å². The van der Waals surface area contributed by atoms with Gasteiger partial charge in [0.05, 0.1) is 0 Å². The largest absolute Gasteiger partial charge is 0.492 e. The van der Waals surface area contributed by atoms with Crippen LogP contribution >= 0.6 is 24.0 Å². The lowest BCUT2D eigenvalue weighted by molar-refractivity contribution is 0.200. The summed E-state index contributed by atoms with van der Waals surface area (Å²) in [6.07, 6.45) is 1.08. The first-order valence-electron chi connectivity index (χ1n) is 6.05. The van der Waals surface area contributed by atoms with Gasteiger partial charge in [0.15, 0.2) is 0 Å². The van der Waals surface area contributed by atoms with Crippen LogP contribution in [0.1, 0.15) is 13.3 Å². The van der Waals surface area contributed by atoms with E-state index >= 15 is 0 Å². The fourth-order valence-corrected chi connectivity index (χ4v) is 2.36. The fourth-order valence-electron chi connectivity index (χ4n) is 2.18. The summed E-state index contributed by atoms with van der Waals surface area (Å²) in [7, 11) is 0. The van der Waals surface area contributed by atoms with E-state index in [9.17, 15) is 0 Å². The average Bonchev–Trinajstić information content (AvgIpc) is 2.61. The lowest BCUT2D eigenvalue weighted by Crippen LogP contribution is -2.38. The van der Waals surface area contributed by atoms with Crippen LogP contribution in [0.15, 0.2) is 24.3 Å². The molecule has 2 N–H and O–H groups in total. The maximum Gasteiger partial charge on any atom is 0.120 e. The SMILES string of the molecule is CC1C(N)CCN1CCOc1cccc(Cl)c1.Cl. The normalized spacial score (nSPS) is 23.7. The molecule has 1 saturated heterocycles. The van der Waals surface area contributed by atoms with Crippen molar-refractivity contribution in [1.82, 2.24) is 4.90 Å². The first-order valence-corrected chi connectivity index (χ1v) is 6.42. The van der Waals surface area contributed by atoms with Crippen LogP contribution < -0.4 is 10.5 Å². The first kappa shape index (κ1) is 15.6. The third-order valence-corrected chi connectivity index (χ3v) is 3.62. The van der Waals surface area contributed by atoms with E-state index in [-0.39, 0.29) is 12.4 Å². The van der Waals surface area contributed by atoms with Gasteiger partial charge in [-0.3, -0.25) is 4.90 Å². The van der Waals surface area contributed by atoms with Gasteiger partial charge < -0.3 is 10.5 Å². The molecular formula is C13H20Cl2N2O. The minimum absolute atomic E-state index is 0. The topological polar surface area (TPSA) is 38.5 Å². The van der Waals surface area contributed by atoms with E-state index in [1.54, 1.807) is 0 Å². The van der Waals surface area contributed by atoms with Gasteiger partial charge in [0, 0.05) is 30.2 Å². The van der Waals surface area contributed by atoms with Crippen molar-refractivity contribution in [3.05, 3.63) is 29.3 Å². The summed E-state index contributed by atoms with van der Waals surface area (Å²) in [5.41, 5.74) is 5.97. The number of halogens is 2. The van der Waals surface area contributed by atoms with E-state index in [1.807, 2.05) is 24.3 Å². The summed E-state index contributed by atoms with van der Waals surface area (Å²) < 4.78 is 5.67. The predicted molar refractivity (Wildman–Crippen MR) is 77.8 cm³/mol. The summed E-state index contributed by atoms with van der Waals surface area (Å²) in [5.74, 6) is 0.827. The number of nitrogens with two attached hydrogens (primary N) is 1. The molecule has 3 nitrogen and oxygen atoms in total. The van der Waals surface area contributed by atoms with Crippen molar-refractivity contribution in [3.8, 4) is 5.75 Å². The van der Waals surface area contributed by atoms with Gasteiger partial charge in [0.1, 0.15) is 12.4 Å². The maximum absolute atomic E-state index is 5.97. The molecule has 0 saturated carbocycles. The molecule has 0 amide bonds. The smallest absolute Gasteiger partial charge is 0.120 e. The lowest BCUT2D eigenvalue weighted by Gasteiger charge is -2.22. The van der Waals surface area contributed by atoms with Crippen molar-refractivity contribution < 1.29 is 4.74 Å². The van der Waals surface area contributed by atoms with Crippen molar-refractivity contribution in [2.24, 2.45) is 5.73 Å². The van der Waals surface area contributed by atoms with Gasteiger partial charge >= 0.3 is 0 Å². The van der Waals surface area contributed by atoms with Gasteiger partial charge in [-0.1, -0.05) is 17.7 Å². The Bertz CT molecular complexity index is 376. The van der Waals surface area contributed by atoms with Gasteiger partial charge in [0.2, 0.25) is 0 Å². The highest BCUT2D eigenvalue weighted by atomic mass is 35.5. The molecule has 1 aliphatic heterocycles. The third-order valence-electron chi connectivity index (χ3n) is 3.39. The highest BCUT2D eigenvalue weighted by Crippen LogP contribution is 2.18. The minimum Gasteiger partial charge on any atom is -0.492 e. The van der Waals surface area contributed by atoms with Crippen LogP contribution in [0, 0.1) is 0 Å². The van der Waals surface area contributed by atoms with Crippen molar-refractivity contribution in [2.45, 2.75) is 25.4 Å². The predicted octanol–water partition coefficient (Wildman–Crippen LogP) is 2.56. The Kier molecular flexibility index (Phi) is 6.22. The molecule has 5 heteroatoms. The molecule has 0 aromatic heterocycles. The van der Waals surface area contributed by atoms with Gasteiger partial charge in [0.25, 0.3) is 0 Å². The van der Waals surface area contributed by atoms with E-state index < -0.39 is 0 Å². The van der Waals surface area contributed by atoms with Crippen LogP contribution in [0.2, 0.25) is 5.02 Å². The molecule has 1 heterocycles. The second-order valence-electron chi connectivity index (χ2n) is 4.53. The molecule has 102 valence electrons. The third kappa shape index (κ3) is 4.02. The number of rotatable bonds is 4. The van der Waals surface area contributed by atoms with Crippen molar-refractivity contribution in [2.75, 3.05) is 19.7 Å². The second kappa shape index (κ2) is 7.19. The standard InChI is InChI=1S/C13H19ClN2O.ClH/c1-10-13(15)5-6-16(10)7-8-17-12-4-2-3-11(14)9-12;/h2-4,9-10,13H,5-8,15H2,1H3;1H. The number of likely N-dealkylation sites (tertiary alicyclic amines) is 1. The monoisotopic (exact) mass is 290 g/mol. The van der Waals surface area contributed by atoms with Crippen molar-refractivity contribution >= 4 is 24.0 Å². The zero-order chi connectivity index (χ0) is 12.3. The minimum atomic E-state index is 0. The van der Waals surface area contributed by atoms with Crippen molar-refractivity contribution in [1.29, 1.82) is 0 Å². The van der Waals surface area contributed by atoms with Crippen LogP contribution in [0.5, 0.6) is 5.75 Å². The Morgan fingerprint density at radius 3 is 2.89 bits per heavy atom. The Hall–Kier alpha value is -0.480. The van der Waals surface area contributed by atoms with Crippen LogP contribution in [0.3, 0.4) is 0 Å². The number of benzene rings is 1. The van der Waals surface area contributed by atoms with E-state index in [0.717, 1.165) is 25.3 Å². The van der Waals surface area contributed by atoms with E-state index in [0.29, 0.717) is 23.7 Å². The Morgan fingerprint density at radius 2 is 2.28 bits per heavy atom. The van der Waals surface area contributed by atoms with Crippen LogP contribution in [0.25, 0.3) is 0 Å². The Labute approximate surface area is 120 Å². The quantitative estimate of drug-likeness (QED) is 0.926. The molecule has 0 spiro atoms. The maximum atomic E-state index is 5.97. The van der Waals surface area contributed by atoms with E-state index in [1.165, 1.54) is 0 Å². The number of hydrogen-bond acceptors (Lipinski definition) is 3. The number of hydrogen-bond donors (Lipinski definition) is 1. The molecule has 0 radical (unpaired) electrons. The van der Waals surface area contributed by atoms with E-state index in [4.69, 9.17) is 22.1 Å². The van der Waals surface area contributed by atoms with Crippen molar-refractivity contribution in [3.63, 3.8) is 0 Å². The Morgan fingerprint density at radius 1 is 1.50 bits per heavy atom. The molecule has 0 bridgehead atoms. The molecule has 2 atom stereocenters. The highest BCUT2D eigenvalue weighted by molar-refractivity contribution is 6.30. The molecule has 18 heavy (non-hydrogen) atoms. The summed E-state index contributed by atoms with van der Waals surface area (Å²) in [4.78, 5) is 2.37. The molecule has 0 aliphatic carbocycles. The molecule has 1 aliphatic rings. The Balaban J connectivity index is 0.00000162. The van der Waals surface area contributed by atoms with Crippen LogP contribution in [-0.2, 0) is 0 Å². The summed E-state index contributed by atoms with van der Waals surface area (Å²) in [6, 6.07) is 8.26. The second-order valence-corrected chi connectivity index (χ2v) is 4.97. The van der Waals surface area contributed by atoms with Gasteiger partial charge in [-0.15, -0.1) is 12.4 Å². The summed E-state index contributed by atoms with van der Waals surface area (Å²) in [6.45, 7) is 4.84. The first-order chi connectivity index (χ1) is 8.16. The zero-order valence-electron chi connectivity index (χ0n) is 10.5. The average molecular weight is 291 g/mol. The van der Waals surface area contributed by atoms with Gasteiger partial charge in [-0.05, 0) is 31.5 Å². The molecule has 1 aromatic carbocycles. The molecule has 1 fully saturated rings. The molecule has 1 aromatic rings. The molecule has 2 rings (SSSR count). The zero-order valence-corrected chi connectivity index (χ0v) is 12.1. The summed E-state index contributed by atoms with van der Waals surface area (Å²) >= 11 is 5.89. The van der Waals surface area contributed by atoms with Crippen LogP contribution in [0.4, 0.5) is 0 Å². The molecule has 2 unspecified atom stereocenters. The van der Waals surface area contributed by atoms with Gasteiger partial charge in [-0.25, -0.2) is 0 Å². The highest BCUT2D eigenvalue weighted by Gasteiger charge is 2.27. The van der Waals surface area contributed by atoms with Gasteiger partial charge in [-0.2, -0.15) is 0 Å². The molecular weight excluding hydrogens is 271 g/mol. The lowest BCUT2D eigenvalue weighted by atomic mass is 10.2. The number of ether oxygens (including phenoxy) is 1. The van der Waals surface area contributed by atoms with Crippen LogP contribution in [-0.4, -0.2) is 36.7 Å². The number of nitrogens with zero attached hydrogens (tertiary/aromatic N) is 1. The fraction of sp³-hybridized carbons (Fsp3) is 0.538.